The highest BCUT2D eigenvalue weighted by atomic mass is 32.2. The van der Waals surface area contributed by atoms with E-state index in [-0.39, 0.29) is 11.7 Å². The normalized spacial score (nSPS) is 10.5. The van der Waals surface area contributed by atoms with Crippen molar-refractivity contribution in [1.29, 1.82) is 0 Å². The van der Waals surface area contributed by atoms with Crippen LogP contribution in [0.2, 0.25) is 0 Å². The van der Waals surface area contributed by atoms with Gasteiger partial charge in [-0.15, -0.1) is 10.2 Å². The minimum absolute atomic E-state index is 0.131. The van der Waals surface area contributed by atoms with Crippen molar-refractivity contribution in [1.82, 2.24) is 19.7 Å². The minimum Gasteiger partial charge on any atom is -0.481 e. The monoisotopic (exact) mass is 369 g/mol. The van der Waals surface area contributed by atoms with Crippen molar-refractivity contribution < 1.29 is 9.53 Å². The fourth-order valence-electron chi connectivity index (χ4n) is 2.32. The van der Waals surface area contributed by atoms with Crippen LogP contribution < -0.4 is 10.1 Å². The second-order valence-corrected chi connectivity index (χ2v) is 6.47. The van der Waals surface area contributed by atoms with Gasteiger partial charge in [0.2, 0.25) is 11.8 Å². The molecule has 0 aliphatic carbocycles. The van der Waals surface area contributed by atoms with Gasteiger partial charge in [0.25, 0.3) is 0 Å². The number of pyridine rings is 1. The van der Waals surface area contributed by atoms with E-state index in [0.717, 1.165) is 11.4 Å². The summed E-state index contributed by atoms with van der Waals surface area (Å²) in [6.07, 6.45) is 1.56. The number of nitrogens with zero attached hydrogens (tertiary/aromatic N) is 4. The molecule has 8 heteroatoms. The van der Waals surface area contributed by atoms with E-state index < -0.39 is 0 Å². The molecule has 134 valence electrons. The third-order valence-corrected chi connectivity index (χ3v) is 4.61. The van der Waals surface area contributed by atoms with Crippen LogP contribution >= 0.6 is 11.8 Å². The molecule has 0 atom stereocenters. The van der Waals surface area contributed by atoms with Crippen molar-refractivity contribution in [2.24, 2.45) is 0 Å². The predicted octanol–water partition coefficient (Wildman–Crippen LogP) is 2.77. The van der Waals surface area contributed by atoms with Gasteiger partial charge in [0.15, 0.2) is 5.16 Å². The second-order valence-electron chi connectivity index (χ2n) is 5.53. The van der Waals surface area contributed by atoms with Gasteiger partial charge in [-0.1, -0.05) is 42.1 Å². The SMILES string of the molecule is COc1ccc(NC(=O)CSc2nnc(C)n2Cc2ccccc2)cn1. The summed E-state index contributed by atoms with van der Waals surface area (Å²) in [5, 5.41) is 11.8. The first kappa shape index (κ1) is 17.9. The number of aryl methyl sites for hydroxylation is 1. The van der Waals surface area contributed by atoms with Crippen LogP contribution in [0.1, 0.15) is 11.4 Å². The number of benzene rings is 1. The molecular weight excluding hydrogens is 350 g/mol. The van der Waals surface area contributed by atoms with Gasteiger partial charge >= 0.3 is 0 Å². The molecule has 26 heavy (non-hydrogen) atoms. The van der Waals surface area contributed by atoms with Gasteiger partial charge in [0, 0.05) is 6.07 Å². The highest BCUT2D eigenvalue weighted by Crippen LogP contribution is 2.19. The maximum absolute atomic E-state index is 12.2. The smallest absolute Gasteiger partial charge is 0.234 e. The first-order valence-electron chi connectivity index (χ1n) is 8.02. The lowest BCUT2D eigenvalue weighted by atomic mass is 10.2. The summed E-state index contributed by atoms with van der Waals surface area (Å²) in [5.74, 6) is 1.42. The number of rotatable bonds is 7. The Morgan fingerprint density at radius 1 is 1.19 bits per heavy atom. The summed E-state index contributed by atoms with van der Waals surface area (Å²) in [6.45, 7) is 2.58. The highest BCUT2D eigenvalue weighted by molar-refractivity contribution is 7.99. The molecule has 3 aromatic rings. The van der Waals surface area contributed by atoms with Gasteiger partial charge in [-0.2, -0.15) is 0 Å². The molecule has 0 fully saturated rings. The zero-order chi connectivity index (χ0) is 18.4. The van der Waals surface area contributed by atoms with Crippen LogP contribution in [0.3, 0.4) is 0 Å². The third-order valence-electron chi connectivity index (χ3n) is 3.65. The maximum Gasteiger partial charge on any atom is 0.234 e. The molecule has 0 bridgehead atoms. The van der Waals surface area contributed by atoms with Crippen LogP contribution in [0.15, 0.2) is 53.8 Å². The molecule has 3 rings (SSSR count). The standard InChI is InChI=1S/C18H19N5O2S/c1-13-21-22-18(23(13)11-14-6-4-3-5-7-14)26-12-16(24)20-15-8-9-17(25-2)19-10-15/h3-10H,11-12H2,1-2H3,(H,20,24). The molecule has 1 aromatic carbocycles. The fourth-order valence-corrected chi connectivity index (χ4v) is 3.10. The quantitative estimate of drug-likeness (QED) is 0.645. The summed E-state index contributed by atoms with van der Waals surface area (Å²) in [5.41, 5.74) is 1.78. The number of carbonyl (C=O) groups is 1. The Labute approximate surface area is 155 Å². The molecule has 0 spiro atoms. The maximum atomic E-state index is 12.2. The molecule has 2 aromatic heterocycles. The lowest BCUT2D eigenvalue weighted by Gasteiger charge is -2.09. The molecule has 0 saturated carbocycles. The molecule has 2 heterocycles. The number of anilines is 1. The van der Waals surface area contributed by atoms with E-state index in [1.54, 1.807) is 25.4 Å². The second kappa shape index (κ2) is 8.48. The molecule has 0 unspecified atom stereocenters. The van der Waals surface area contributed by atoms with Gasteiger partial charge in [-0.25, -0.2) is 4.98 Å². The van der Waals surface area contributed by atoms with Crippen LogP contribution in [0.5, 0.6) is 5.88 Å². The number of thioether (sulfide) groups is 1. The number of carbonyl (C=O) groups excluding carboxylic acids is 1. The molecule has 0 saturated heterocycles. The molecule has 0 aliphatic rings. The molecule has 1 amide bonds. The molecule has 7 nitrogen and oxygen atoms in total. The first-order chi connectivity index (χ1) is 12.7. The van der Waals surface area contributed by atoms with Gasteiger partial charge in [-0.3, -0.25) is 4.79 Å². The van der Waals surface area contributed by atoms with Crippen molar-refractivity contribution in [2.45, 2.75) is 18.6 Å². The highest BCUT2D eigenvalue weighted by Gasteiger charge is 2.12. The van der Waals surface area contributed by atoms with Crippen LogP contribution in [0.25, 0.3) is 0 Å². The fraction of sp³-hybridized carbons (Fsp3) is 0.222. The Hall–Kier alpha value is -2.87. The zero-order valence-electron chi connectivity index (χ0n) is 14.5. The van der Waals surface area contributed by atoms with Crippen molar-refractivity contribution in [2.75, 3.05) is 18.2 Å². The van der Waals surface area contributed by atoms with E-state index in [2.05, 4.69) is 32.6 Å². The summed E-state index contributed by atoms with van der Waals surface area (Å²) in [6, 6.07) is 13.5. The number of nitrogens with one attached hydrogen (secondary N) is 1. The Morgan fingerprint density at radius 3 is 2.69 bits per heavy atom. The molecule has 1 N–H and O–H groups in total. The van der Waals surface area contributed by atoms with Crippen molar-refractivity contribution >= 4 is 23.4 Å². The first-order valence-corrected chi connectivity index (χ1v) is 9.00. The number of amides is 1. The lowest BCUT2D eigenvalue weighted by Crippen LogP contribution is -2.15. The summed E-state index contributed by atoms with van der Waals surface area (Å²) in [7, 11) is 1.55. The van der Waals surface area contributed by atoms with Gasteiger partial charge in [0.05, 0.1) is 31.3 Å². The van der Waals surface area contributed by atoms with Gasteiger partial charge < -0.3 is 14.6 Å². The van der Waals surface area contributed by atoms with E-state index >= 15 is 0 Å². The molecule has 0 radical (unpaired) electrons. The minimum atomic E-state index is -0.131. The van der Waals surface area contributed by atoms with E-state index in [1.807, 2.05) is 29.7 Å². The van der Waals surface area contributed by atoms with E-state index in [9.17, 15) is 4.79 Å². The topological polar surface area (TPSA) is 81.9 Å². The molecular formula is C18H19N5O2S. The Kier molecular flexibility index (Phi) is 5.85. The van der Waals surface area contributed by atoms with E-state index in [1.165, 1.54) is 11.8 Å². The van der Waals surface area contributed by atoms with Crippen LogP contribution in [0, 0.1) is 6.92 Å². The average molecular weight is 369 g/mol. The summed E-state index contributed by atoms with van der Waals surface area (Å²) >= 11 is 1.35. The van der Waals surface area contributed by atoms with Crippen LogP contribution in [-0.4, -0.2) is 38.5 Å². The summed E-state index contributed by atoms with van der Waals surface area (Å²) < 4.78 is 7.00. The van der Waals surface area contributed by atoms with E-state index in [4.69, 9.17) is 4.74 Å². The number of ether oxygens (including phenoxy) is 1. The van der Waals surface area contributed by atoms with Gasteiger partial charge in [0.1, 0.15) is 5.82 Å². The number of methoxy groups -OCH3 is 1. The number of hydrogen-bond donors (Lipinski definition) is 1. The van der Waals surface area contributed by atoms with E-state index in [0.29, 0.717) is 23.3 Å². The van der Waals surface area contributed by atoms with Crippen molar-refractivity contribution in [3.8, 4) is 5.88 Å². The molecule has 0 aliphatic heterocycles. The number of hydrogen-bond acceptors (Lipinski definition) is 6. The largest absolute Gasteiger partial charge is 0.481 e. The number of aromatic nitrogens is 4. The van der Waals surface area contributed by atoms with Crippen molar-refractivity contribution in [3.05, 3.63) is 60.0 Å². The Bertz CT molecular complexity index is 865. The summed E-state index contributed by atoms with van der Waals surface area (Å²) in [4.78, 5) is 16.2. The van der Waals surface area contributed by atoms with Crippen LogP contribution in [0.4, 0.5) is 5.69 Å². The average Bonchev–Trinajstić information content (AvgIpc) is 3.01. The lowest BCUT2D eigenvalue weighted by molar-refractivity contribution is -0.113. The Balaban J connectivity index is 1.59. The van der Waals surface area contributed by atoms with Crippen molar-refractivity contribution in [3.63, 3.8) is 0 Å². The third kappa shape index (κ3) is 4.60. The van der Waals surface area contributed by atoms with Crippen LogP contribution in [-0.2, 0) is 11.3 Å². The predicted molar refractivity (Wildman–Crippen MR) is 100 cm³/mol. The Morgan fingerprint density at radius 2 is 2.00 bits per heavy atom. The van der Waals surface area contributed by atoms with Gasteiger partial charge in [-0.05, 0) is 18.6 Å². The zero-order valence-corrected chi connectivity index (χ0v) is 15.4.